The molecule has 0 amide bonds. The Labute approximate surface area is 179 Å². The minimum atomic E-state index is -4.66. The van der Waals surface area contributed by atoms with E-state index >= 15 is 0 Å². The average Bonchev–Trinajstić information content (AvgIpc) is 2.73. The number of alkyl halides is 3. The fourth-order valence-corrected chi connectivity index (χ4v) is 5.41. The van der Waals surface area contributed by atoms with E-state index in [1.165, 1.54) is 89.2 Å². The summed E-state index contributed by atoms with van der Waals surface area (Å²) < 4.78 is 46.4. The van der Waals surface area contributed by atoms with Crippen molar-refractivity contribution in [3.63, 3.8) is 0 Å². The Morgan fingerprint density at radius 3 is 1.83 bits per heavy atom. The Hall–Kier alpha value is -1.39. The molecule has 0 unspecified atom stereocenters. The van der Waals surface area contributed by atoms with Gasteiger partial charge in [-0.15, -0.1) is 13.2 Å². The molecular weight excluding hydrogens is 389 g/mol. The number of hydrogen-bond donors (Lipinski definition) is 0. The Balaban J connectivity index is 1.32. The van der Waals surface area contributed by atoms with Gasteiger partial charge in [-0.25, -0.2) is 0 Å². The number of rotatable bonds is 9. The Morgan fingerprint density at radius 1 is 0.767 bits per heavy atom. The second-order valence-electron chi connectivity index (χ2n) is 9.39. The smallest absolute Gasteiger partial charge is 0.493 e. The van der Waals surface area contributed by atoms with Crippen LogP contribution < -0.4 is 9.47 Å². The van der Waals surface area contributed by atoms with Crippen LogP contribution in [-0.2, 0) is 0 Å². The lowest BCUT2D eigenvalue weighted by atomic mass is 9.69. The molecule has 2 nitrogen and oxygen atoms in total. The van der Waals surface area contributed by atoms with Crippen LogP contribution >= 0.6 is 0 Å². The van der Waals surface area contributed by atoms with Crippen molar-refractivity contribution in [2.45, 2.75) is 90.3 Å². The lowest BCUT2D eigenvalue weighted by Crippen LogP contribution is -2.27. The van der Waals surface area contributed by atoms with E-state index in [0.717, 1.165) is 17.8 Å². The summed E-state index contributed by atoms with van der Waals surface area (Å²) in [4.78, 5) is 0. The van der Waals surface area contributed by atoms with Crippen molar-refractivity contribution in [2.24, 2.45) is 23.7 Å². The molecule has 170 valence electrons. The monoisotopic (exact) mass is 426 g/mol. The van der Waals surface area contributed by atoms with Crippen molar-refractivity contribution in [1.82, 2.24) is 0 Å². The van der Waals surface area contributed by atoms with Gasteiger partial charge in [0, 0.05) is 0 Å². The molecule has 30 heavy (non-hydrogen) atoms. The minimum Gasteiger partial charge on any atom is -0.493 e. The van der Waals surface area contributed by atoms with Crippen LogP contribution in [0.3, 0.4) is 0 Å². The summed E-state index contributed by atoms with van der Waals surface area (Å²) >= 11 is 0. The molecule has 0 heterocycles. The summed E-state index contributed by atoms with van der Waals surface area (Å²) in [5.74, 6) is 3.73. The summed E-state index contributed by atoms with van der Waals surface area (Å²) in [7, 11) is 0. The molecule has 0 aliphatic heterocycles. The van der Waals surface area contributed by atoms with Crippen molar-refractivity contribution in [1.29, 1.82) is 0 Å². The summed E-state index contributed by atoms with van der Waals surface area (Å²) in [6.45, 7) is 2.93. The van der Waals surface area contributed by atoms with Gasteiger partial charge in [0.1, 0.15) is 11.5 Å². The zero-order valence-corrected chi connectivity index (χ0v) is 18.3. The number of ether oxygens (including phenoxy) is 2. The summed E-state index contributed by atoms with van der Waals surface area (Å²) in [6.07, 6.45) is 11.6. The Morgan fingerprint density at radius 2 is 1.30 bits per heavy atom. The molecule has 5 heteroatoms. The SMILES string of the molecule is CCCCC[C@H]1CC[C@H](C2CCC(COc3ccc(OC(F)(F)F)cc3)CC2)CC1. The minimum absolute atomic E-state index is 0.213. The lowest BCUT2D eigenvalue weighted by molar-refractivity contribution is -0.274. The molecule has 0 saturated heterocycles. The van der Waals surface area contributed by atoms with Gasteiger partial charge >= 0.3 is 6.36 Å². The maximum absolute atomic E-state index is 12.2. The quantitative estimate of drug-likeness (QED) is 0.371. The van der Waals surface area contributed by atoms with Gasteiger partial charge in [-0.3, -0.25) is 0 Å². The molecule has 2 fully saturated rings. The molecule has 1 aromatic rings. The van der Waals surface area contributed by atoms with Gasteiger partial charge in [0.15, 0.2) is 0 Å². The first kappa shape index (κ1) is 23.3. The van der Waals surface area contributed by atoms with Crippen LogP contribution in [0, 0.1) is 23.7 Å². The zero-order chi connectivity index (χ0) is 21.4. The van der Waals surface area contributed by atoms with Gasteiger partial charge in [0.25, 0.3) is 0 Å². The van der Waals surface area contributed by atoms with E-state index in [2.05, 4.69) is 11.7 Å². The average molecular weight is 427 g/mol. The van der Waals surface area contributed by atoms with Crippen molar-refractivity contribution in [3.05, 3.63) is 24.3 Å². The van der Waals surface area contributed by atoms with Gasteiger partial charge in [-0.05, 0) is 86.5 Å². The molecule has 1 aromatic carbocycles. The number of benzene rings is 1. The maximum Gasteiger partial charge on any atom is 0.573 e. The van der Waals surface area contributed by atoms with E-state index in [1.54, 1.807) is 12.1 Å². The first-order valence-electron chi connectivity index (χ1n) is 11.9. The van der Waals surface area contributed by atoms with Crippen LogP contribution in [0.4, 0.5) is 13.2 Å². The lowest BCUT2D eigenvalue weighted by Gasteiger charge is -2.38. The van der Waals surface area contributed by atoms with Crippen LogP contribution in [0.25, 0.3) is 0 Å². The first-order valence-corrected chi connectivity index (χ1v) is 11.9. The summed E-state index contributed by atoms with van der Waals surface area (Å²) in [5.41, 5.74) is 0. The predicted molar refractivity (Wildman–Crippen MR) is 114 cm³/mol. The molecule has 0 aromatic heterocycles. The molecular formula is C25H37F3O2. The number of unbranched alkanes of at least 4 members (excludes halogenated alkanes) is 2. The van der Waals surface area contributed by atoms with E-state index in [4.69, 9.17) is 4.74 Å². The third-order valence-electron chi connectivity index (χ3n) is 7.21. The van der Waals surface area contributed by atoms with E-state index in [0.29, 0.717) is 18.3 Å². The normalized spacial score (nSPS) is 27.6. The van der Waals surface area contributed by atoms with Crippen LogP contribution in [0.15, 0.2) is 24.3 Å². The van der Waals surface area contributed by atoms with Crippen molar-refractivity contribution < 1.29 is 22.6 Å². The number of halogens is 3. The highest BCUT2D eigenvalue weighted by atomic mass is 19.4. The molecule has 2 saturated carbocycles. The van der Waals surface area contributed by atoms with Gasteiger partial charge in [0.05, 0.1) is 6.61 Å². The first-order chi connectivity index (χ1) is 14.4. The third kappa shape index (κ3) is 7.70. The third-order valence-corrected chi connectivity index (χ3v) is 7.21. The van der Waals surface area contributed by atoms with Crippen molar-refractivity contribution >= 4 is 0 Å². The van der Waals surface area contributed by atoms with Gasteiger partial charge < -0.3 is 9.47 Å². The Kier molecular flexibility index (Phi) is 8.76. The molecule has 0 N–H and O–H groups in total. The molecule has 0 bridgehead atoms. The van der Waals surface area contributed by atoms with E-state index in [9.17, 15) is 13.2 Å². The topological polar surface area (TPSA) is 18.5 Å². The highest BCUT2D eigenvalue weighted by molar-refractivity contribution is 5.31. The zero-order valence-electron chi connectivity index (χ0n) is 18.3. The van der Waals surface area contributed by atoms with Crippen LogP contribution in [0.5, 0.6) is 11.5 Å². The molecule has 2 aliphatic carbocycles. The highest BCUT2D eigenvalue weighted by Crippen LogP contribution is 2.42. The number of hydrogen-bond acceptors (Lipinski definition) is 2. The maximum atomic E-state index is 12.2. The molecule has 3 rings (SSSR count). The largest absolute Gasteiger partial charge is 0.573 e. The Bertz CT molecular complexity index is 598. The van der Waals surface area contributed by atoms with Gasteiger partial charge in [-0.1, -0.05) is 45.4 Å². The standard InChI is InChI=1S/C25H37F3O2/c1-2-3-4-5-19-6-10-21(11-7-19)22-12-8-20(9-13-22)18-29-23-14-16-24(17-15-23)30-25(26,27)28/h14-17,19-22H,2-13,18H2,1H3/t19-,20?,21-,22?. The highest BCUT2D eigenvalue weighted by Gasteiger charge is 2.32. The molecule has 0 spiro atoms. The molecule has 0 atom stereocenters. The van der Waals surface area contributed by atoms with Crippen LogP contribution in [0.2, 0.25) is 0 Å². The van der Waals surface area contributed by atoms with Gasteiger partial charge in [0.2, 0.25) is 0 Å². The van der Waals surface area contributed by atoms with Crippen LogP contribution in [0.1, 0.15) is 84.0 Å². The summed E-state index contributed by atoms with van der Waals surface area (Å²) in [6, 6.07) is 5.70. The second-order valence-corrected chi connectivity index (χ2v) is 9.39. The van der Waals surface area contributed by atoms with Gasteiger partial charge in [-0.2, -0.15) is 0 Å². The fraction of sp³-hybridized carbons (Fsp3) is 0.760. The fourth-order valence-electron chi connectivity index (χ4n) is 5.41. The van der Waals surface area contributed by atoms with E-state index in [-0.39, 0.29) is 5.75 Å². The van der Waals surface area contributed by atoms with Crippen molar-refractivity contribution in [2.75, 3.05) is 6.61 Å². The van der Waals surface area contributed by atoms with E-state index in [1.807, 2.05) is 0 Å². The molecule has 2 aliphatic rings. The van der Waals surface area contributed by atoms with E-state index < -0.39 is 6.36 Å². The predicted octanol–water partition coefficient (Wildman–Crippen LogP) is 8.16. The second kappa shape index (κ2) is 11.3. The molecule has 0 radical (unpaired) electrons. The van der Waals surface area contributed by atoms with Crippen molar-refractivity contribution in [3.8, 4) is 11.5 Å². The van der Waals surface area contributed by atoms with Crippen LogP contribution in [-0.4, -0.2) is 13.0 Å². The summed E-state index contributed by atoms with van der Waals surface area (Å²) in [5, 5.41) is 0.